The second-order valence-electron chi connectivity index (χ2n) is 7.04. The molecule has 3 rings (SSSR count). The van der Waals surface area contributed by atoms with Crippen LogP contribution in [-0.4, -0.2) is 48.6 Å². The van der Waals surface area contributed by atoms with Crippen LogP contribution in [0.1, 0.15) is 31.4 Å². The topological polar surface area (TPSA) is 120 Å². The molecule has 8 heteroatoms. The Kier molecular flexibility index (Phi) is 6.79. The highest BCUT2D eigenvalue weighted by Crippen LogP contribution is 2.24. The maximum atomic E-state index is 12.3. The highest BCUT2D eigenvalue weighted by Gasteiger charge is 2.19. The van der Waals surface area contributed by atoms with E-state index in [1.165, 1.54) is 0 Å². The van der Waals surface area contributed by atoms with E-state index in [0.717, 1.165) is 0 Å². The van der Waals surface area contributed by atoms with E-state index in [1.54, 1.807) is 36.5 Å². The molecule has 2 aromatic rings. The summed E-state index contributed by atoms with van der Waals surface area (Å²) in [6.07, 6.45) is 1.49. The Morgan fingerprint density at radius 1 is 1.34 bits per heavy atom. The Labute approximate surface area is 169 Å². The Hall–Kier alpha value is -2.97. The van der Waals surface area contributed by atoms with Gasteiger partial charge in [0.15, 0.2) is 0 Å². The molecule has 1 atom stereocenters. The molecule has 4 N–H and O–H groups in total. The van der Waals surface area contributed by atoms with Crippen LogP contribution in [0.5, 0.6) is 5.75 Å². The van der Waals surface area contributed by atoms with Crippen LogP contribution in [0.4, 0.5) is 11.5 Å². The van der Waals surface area contributed by atoms with Gasteiger partial charge in [0.1, 0.15) is 11.6 Å². The summed E-state index contributed by atoms with van der Waals surface area (Å²) in [5, 5.41) is 11.3. The minimum absolute atomic E-state index is 0.0157. The van der Waals surface area contributed by atoms with Gasteiger partial charge in [-0.1, -0.05) is 0 Å². The fourth-order valence-corrected chi connectivity index (χ4v) is 2.96. The van der Waals surface area contributed by atoms with E-state index in [9.17, 15) is 4.79 Å². The number of benzene rings is 1. The van der Waals surface area contributed by atoms with Gasteiger partial charge < -0.3 is 25.3 Å². The second kappa shape index (κ2) is 9.49. The Morgan fingerprint density at radius 2 is 2.17 bits per heavy atom. The molecule has 154 valence electrons. The third kappa shape index (κ3) is 5.75. The molecule has 8 nitrogen and oxygen atoms in total. The number of hydrogen-bond donors (Lipinski definition) is 3. The van der Waals surface area contributed by atoms with Gasteiger partial charge in [-0.05, 0) is 44.2 Å². The molecule has 1 amide bonds. The van der Waals surface area contributed by atoms with Crippen LogP contribution in [0.3, 0.4) is 0 Å². The van der Waals surface area contributed by atoms with E-state index in [-0.39, 0.29) is 30.2 Å². The molecule has 1 aromatic carbocycles. The lowest BCUT2D eigenvalue weighted by molar-refractivity contribution is -0.126. The largest absolute Gasteiger partial charge is 0.491 e. The van der Waals surface area contributed by atoms with E-state index in [2.05, 4.69) is 10.3 Å². The average Bonchev–Trinajstić information content (AvgIpc) is 2.69. The standard InChI is InChI=1S/C21H26N4O4/c1-13(2)29-15-3-4-18(22)17(10-15)21(23)14-5-6-24-19(9-14)25-20(26)11-16-12-27-7-8-28-16/h3-6,9-10,13,16,23H,7-8,11-12,22H2,1-2H3,(H,24,25,26). The zero-order chi connectivity index (χ0) is 20.8. The Balaban J connectivity index is 1.71. The number of carbonyl (C=O) groups is 1. The predicted octanol–water partition coefficient (Wildman–Crippen LogP) is 2.61. The molecule has 0 aliphatic carbocycles. The number of hydrogen-bond acceptors (Lipinski definition) is 7. The van der Waals surface area contributed by atoms with Crippen molar-refractivity contribution < 1.29 is 19.0 Å². The number of ether oxygens (including phenoxy) is 3. The third-order valence-corrected chi connectivity index (χ3v) is 4.28. The molecular weight excluding hydrogens is 372 g/mol. The Morgan fingerprint density at radius 3 is 2.90 bits per heavy atom. The van der Waals surface area contributed by atoms with Gasteiger partial charge in [0.25, 0.3) is 0 Å². The number of nitrogens with zero attached hydrogens (tertiary/aromatic N) is 1. The number of nitrogens with two attached hydrogens (primary N) is 1. The molecule has 1 aliphatic rings. The molecule has 1 fully saturated rings. The van der Waals surface area contributed by atoms with E-state index in [4.69, 9.17) is 25.4 Å². The number of rotatable bonds is 7. The summed E-state index contributed by atoms with van der Waals surface area (Å²) in [4.78, 5) is 16.4. The summed E-state index contributed by atoms with van der Waals surface area (Å²) < 4.78 is 16.5. The van der Waals surface area contributed by atoms with Crippen molar-refractivity contribution in [2.24, 2.45) is 0 Å². The molecule has 0 radical (unpaired) electrons. The van der Waals surface area contributed by atoms with Crippen LogP contribution >= 0.6 is 0 Å². The summed E-state index contributed by atoms with van der Waals surface area (Å²) in [7, 11) is 0. The van der Waals surface area contributed by atoms with E-state index in [1.807, 2.05) is 13.8 Å². The molecular formula is C21H26N4O4. The van der Waals surface area contributed by atoms with Gasteiger partial charge in [-0.2, -0.15) is 0 Å². The first kappa shape index (κ1) is 20.8. The molecule has 0 spiro atoms. The van der Waals surface area contributed by atoms with Gasteiger partial charge >= 0.3 is 0 Å². The molecule has 1 saturated heterocycles. The number of nitrogen functional groups attached to an aromatic ring is 1. The van der Waals surface area contributed by atoms with Gasteiger partial charge in [-0.15, -0.1) is 0 Å². The lowest BCUT2D eigenvalue weighted by Crippen LogP contribution is -2.32. The minimum atomic E-state index is -0.256. The summed E-state index contributed by atoms with van der Waals surface area (Å²) in [5.41, 5.74) is 7.91. The minimum Gasteiger partial charge on any atom is -0.491 e. The van der Waals surface area contributed by atoms with Crippen LogP contribution in [0.15, 0.2) is 36.5 Å². The number of aromatic nitrogens is 1. The second-order valence-corrected chi connectivity index (χ2v) is 7.04. The third-order valence-electron chi connectivity index (χ3n) is 4.28. The zero-order valence-electron chi connectivity index (χ0n) is 16.6. The fraction of sp³-hybridized carbons (Fsp3) is 0.381. The highest BCUT2D eigenvalue weighted by molar-refractivity contribution is 6.14. The van der Waals surface area contributed by atoms with E-state index >= 15 is 0 Å². The highest BCUT2D eigenvalue weighted by atomic mass is 16.6. The van der Waals surface area contributed by atoms with Crippen LogP contribution < -0.4 is 15.8 Å². The lowest BCUT2D eigenvalue weighted by atomic mass is 10.0. The van der Waals surface area contributed by atoms with Gasteiger partial charge in [-0.3, -0.25) is 10.2 Å². The van der Waals surface area contributed by atoms with Crippen molar-refractivity contribution in [3.8, 4) is 5.75 Å². The molecule has 1 aromatic heterocycles. The number of amides is 1. The smallest absolute Gasteiger partial charge is 0.228 e. The van der Waals surface area contributed by atoms with Crippen molar-refractivity contribution in [3.05, 3.63) is 47.7 Å². The number of carbonyl (C=O) groups excluding carboxylic acids is 1. The SMILES string of the molecule is CC(C)Oc1ccc(N)c(C(=N)c2ccnc(NC(=O)CC3COCCO3)c2)c1. The van der Waals surface area contributed by atoms with E-state index < -0.39 is 0 Å². The van der Waals surface area contributed by atoms with Crippen LogP contribution in [0.2, 0.25) is 0 Å². The number of anilines is 2. The fourth-order valence-electron chi connectivity index (χ4n) is 2.96. The lowest BCUT2D eigenvalue weighted by Gasteiger charge is -2.22. The van der Waals surface area contributed by atoms with Gasteiger partial charge in [0.2, 0.25) is 5.91 Å². The normalized spacial score (nSPS) is 16.4. The molecule has 1 unspecified atom stereocenters. The maximum Gasteiger partial charge on any atom is 0.228 e. The van der Waals surface area contributed by atoms with Gasteiger partial charge in [-0.25, -0.2) is 4.98 Å². The summed E-state index contributed by atoms with van der Waals surface area (Å²) in [6, 6.07) is 8.59. The van der Waals surface area contributed by atoms with Crippen molar-refractivity contribution in [1.29, 1.82) is 5.41 Å². The first-order valence-electron chi connectivity index (χ1n) is 9.53. The molecule has 0 bridgehead atoms. The van der Waals surface area contributed by atoms with Crippen molar-refractivity contribution in [1.82, 2.24) is 4.98 Å². The van der Waals surface area contributed by atoms with Crippen molar-refractivity contribution in [2.75, 3.05) is 30.9 Å². The van der Waals surface area contributed by atoms with Crippen molar-refractivity contribution >= 4 is 23.1 Å². The predicted molar refractivity (Wildman–Crippen MR) is 111 cm³/mol. The van der Waals surface area contributed by atoms with Gasteiger partial charge in [0.05, 0.1) is 44.2 Å². The van der Waals surface area contributed by atoms with Crippen molar-refractivity contribution in [3.63, 3.8) is 0 Å². The van der Waals surface area contributed by atoms with Crippen LogP contribution in [0.25, 0.3) is 0 Å². The maximum absolute atomic E-state index is 12.3. The quantitative estimate of drug-likeness (QED) is 0.487. The molecule has 2 heterocycles. The van der Waals surface area contributed by atoms with E-state index in [0.29, 0.717) is 48.2 Å². The molecule has 0 saturated carbocycles. The monoisotopic (exact) mass is 398 g/mol. The zero-order valence-corrected chi connectivity index (χ0v) is 16.6. The molecule has 29 heavy (non-hydrogen) atoms. The van der Waals surface area contributed by atoms with Gasteiger partial charge in [0, 0.05) is 23.0 Å². The first-order valence-corrected chi connectivity index (χ1v) is 9.53. The summed E-state index contributed by atoms with van der Waals surface area (Å²) in [5.74, 6) is 0.789. The first-order chi connectivity index (χ1) is 13.9. The van der Waals surface area contributed by atoms with Crippen LogP contribution in [0, 0.1) is 5.41 Å². The molecule has 1 aliphatic heterocycles. The summed E-state index contributed by atoms with van der Waals surface area (Å²) in [6.45, 7) is 5.31. The Bertz CT molecular complexity index is 879. The number of nitrogens with one attached hydrogen (secondary N) is 2. The summed E-state index contributed by atoms with van der Waals surface area (Å²) >= 11 is 0. The van der Waals surface area contributed by atoms with Crippen molar-refractivity contribution in [2.45, 2.75) is 32.5 Å². The van der Waals surface area contributed by atoms with Crippen LogP contribution in [-0.2, 0) is 14.3 Å². The average molecular weight is 398 g/mol. The number of pyridine rings is 1.